The Morgan fingerprint density at radius 1 is 1.45 bits per heavy atom. The Morgan fingerprint density at radius 3 is 2.65 bits per heavy atom. The van der Waals surface area contributed by atoms with Gasteiger partial charge in [0, 0.05) is 6.20 Å². The number of carbonyl (C=O) groups is 2. The van der Waals surface area contributed by atoms with Crippen molar-refractivity contribution in [3.8, 4) is 0 Å². The summed E-state index contributed by atoms with van der Waals surface area (Å²) in [6.07, 6.45) is 3.76. The van der Waals surface area contributed by atoms with Crippen molar-refractivity contribution >= 4 is 17.5 Å². The molecule has 2 rings (SSSR count). The molecule has 0 aromatic carbocycles. The van der Waals surface area contributed by atoms with Crippen LogP contribution in [-0.4, -0.2) is 22.2 Å². The molecule has 1 unspecified atom stereocenters. The summed E-state index contributed by atoms with van der Waals surface area (Å²) in [5.41, 5.74) is -1.13. The molecule has 1 amide bonds. The van der Waals surface area contributed by atoms with Gasteiger partial charge < -0.3 is 0 Å². The van der Waals surface area contributed by atoms with Crippen molar-refractivity contribution in [2.45, 2.75) is 39.7 Å². The predicted octanol–water partition coefficient (Wildman–Crippen LogP) is 2.99. The number of ketones is 1. The second-order valence-electron chi connectivity index (χ2n) is 5.89. The Balaban J connectivity index is 2.75. The van der Waals surface area contributed by atoms with E-state index < -0.39 is 11.0 Å². The average Bonchev–Trinajstić information content (AvgIpc) is 2.45. The van der Waals surface area contributed by atoms with E-state index in [1.165, 1.54) is 0 Å². The molecule has 0 bridgehead atoms. The standard InChI is InChI=1S/C16H20N2O2/c1-6-15(3,4)18-13-11(9-8-10-17-13)12(19)16(5,7-2)14(18)20/h6,8-10H,1,7H2,2-5H3. The van der Waals surface area contributed by atoms with Crippen molar-refractivity contribution in [2.24, 2.45) is 5.41 Å². The van der Waals surface area contributed by atoms with Gasteiger partial charge in [0.15, 0.2) is 5.78 Å². The lowest BCUT2D eigenvalue weighted by atomic mass is 9.74. The molecule has 1 atom stereocenters. The summed E-state index contributed by atoms with van der Waals surface area (Å²) in [7, 11) is 0. The molecule has 0 saturated carbocycles. The van der Waals surface area contributed by atoms with Crippen molar-refractivity contribution in [3.05, 3.63) is 36.5 Å². The maximum Gasteiger partial charge on any atom is 0.242 e. The molecule has 20 heavy (non-hydrogen) atoms. The van der Waals surface area contributed by atoms with Crippen molar-refractivity contribution in [1.82, 2.24) is 4.98 Å². The molecule has 0 aliphatic carbocycles. The van der Waals surface area contributed by atoms with Gasteiger partial charge in [0.1, 0.15) is 11.2 Å². The molecule has 0 spiro atoms. The minimum absolute atomic E-state index is 0.149. The van der Waals surface area contributed by atoms with Crippen molar-refractivity contribution in [3.63, 3.8) is 0 Å². The highest BCUT2D eigenvalue weighted by Gasteiger charge is 2.51. The molecule has 4 nitrogen and oxygen atoms in total. The quantitative estimate of drug-likeness (QED) is 0.628. The molecular weight excluding hydrogens is 252 g/mol. The number of carbonyl (C=O) groups excluding carboxylic acids is 2. The third-order valence-corrected chi connectivity index (χ3v) is 4.20. The van der Waals surface area contributed by atoms with E-state index in [-0.39, 0.29) is 11.7 Å². The number of aromatic nitrogens is 1. The summed E-state index contributed by atoms with van der Waals surface area (Å²) in [5, 5.41) is 0. The monoisotopic (exact) mass is 272 g/mol. The number of anilines is 1. The van der Waals surface area contributed by atoms with Gasteiger partial charge in [-0.05, 0) is 39.3 Å². The largest absolute Gasteiger partial charge is 0.293 e. The fraction of sp³-hybridized carbons (Fsp3) is 0.438. The van der Waals surface area contributed by atoms with Crippen LogP contribution in [0.4, 0.5) is 5.82 Å². The smallest absolute Gasteiger partial charge is 0.242 e. The lowest BCUT2D eigenvalue weighted by molar-refractivity contribution is -0.126. The zero-order valence-corrected chi connectivity index (χ0v) is 12.4. The third kappa shape index (κ3) is 1.79. The molecule has 0 fully saturated rings. The van der Waals surface area contributed by atoms with Crippen LogP contribution in [0, 0.1) is 5.41 Å². The fourth-order valence-electron chi connectivity index (χ4n) is 2.43. The number of hydrogen-bond acceptors (Lipinski definition) is 3. The number of Topliss-reactive ketones (excluding diaryl/α,β-unsaturated/α-hetero) is 1. The van der Waals surface area contributed by atoms with Gasteiger partial charge in [-0.25, -0.2) is 4.98 Å². The molecule has 1 aliphatic heterocycles. The van der Waals surface area contributed by atoms with Crippen molar-refractivity contribution in [1.29, 1.82) is 0 Å². The normalized spacial score (nSPS) is 22.7. The first-order valence-corrected chi connectivity index (χ1v) is 6.77. The number of hydrogen-bond donors (Lipinski definition) is 0. The van der Waals surface area contributed by atoms with Crippen LogP contribution < -0.4 is 4.90 Å². The number of rotatable bonds is 3. The molecular formula is C16H20N2O2. The van der Waals surface area contributed by atoms with Gasteiger partial charge in [-0.2, -0.15) is 0 Å². The Morgan fingerprint density at radius 2 is 2.10 bits per heavy atom. The Hall–Kier alpha value is -1.97. The maximum atomic E-state index is 12.9. The number of amides is 1. The summed E-state index contributed by atoms with van der Waals surface area (Å²) in [5.74, 6) is 0.0728. The Kier molecular flexibility index (Phi) is 3.28. The maximum absolute atomic E-state index is 12.9. The molecule has 2 heterocycles. The zero-order valence-electron chi connectivity index (χ0n) is 12.4. The summed E-state index contributed by atoms with van der Waals surface area (Å²) < 4.78 is 0. The summed E-state index contributed by atoms with van der Waals surface area (Å²) in [4.78, 5) is 31.4. The minimum atomic E-state index is -1.03. The van der Waals surface area contributed by atoms with Crippen LogP contribution >= 0.6 is 0 Å². The highest BCUT2D eigenvalue weighted by molar-refractivity contribution is 6.24. The molecule has 0 radical (unpaired) electrons. The highest BCUT2D eigenvalue weighted by atomic mass is 16.2. The van der Waals surface area contributed by atoms with Crippen LogP contribution in [0.3, 0.4) is 0 Å². The second-order valence-corrected chi connectivity index (χ2v) is 5.89. The Labute approximate surface area is 119 Å². The van der Waals surface area contributed by atoms with Crippen LogP contribution in [-0.2, 0) is 4.79 Å². The van der Waals surface area contributed by atoms with Gasteiger partial charge in [0.05, 0.1) is 11.1 Å². The summed E-state index contributed by atoms with van der Waals surface area (Å²) in [6.45, 7) is 11.1. The number of pyridine rings is 1. The summed E-state index contributed by atoms with van der Waals surface area (Å²) in [6, 6.07) is 3.46. The van der Waals surface area contributed by atoms with Gasteiger partial charge in [-0.1, -0.05) is 13.0 Å². The molecule has 0 N–H and O–H groups in total. The van der Waals surface area contributed by atoms with E-state index in [0.717, 1.165) is 0 Å². The first-order chi connectivity index (χ1) is 9.29. The van der Waals surface area contributed by atoms with Gasteiger partial charge in [0.25, 0.3) is 0 Å². The van der Waals surface area contributed by atoms with Crippen molar-refractivity contribution < 1.29 is 9.59 Å². The molecule has 1 aromatic heterocycles. The van der Waals surface area contributed by atoms with Gasteiger partial charge in [-0.15, -0.1) is 6.58 Å². The molecule has 1 aliphatic rings. The molecule has 0 saturated heterocycles. The van der Waals surface area contributed by atoms with E-state index in [9.17, 15) is 9.59 Å². The van der Waals surface area contributed by atoms with E-state index >= 15 is 0 Å². The van der Waals surface area contributed by atoms with E-state index in [1.807, 2.05) is 20.8 Å². The van der Waals surface area contributed by atoms with Gasteiger partial charge >= 0.3 is 0 Å². The van der Waals surface area contributed by atoms with Gasteiger partial charge in [0.2, 0.25) is 5.91 Å². The lowest BCUT2D eigenvalue weighted by Crippen LogP contribution is -2.58. The first kappa shape index (κ1) is 14.4. The Bertz CT molecular complexity index is 592. The highest BCUT2D eigenvalue weighted by Crippen LogP contribution is 2.41. The SMILES string of the molecule is C=CC(C)(C)N1C(=O)C(C)(CC)C(=O)c2cccnc21. The van der Waals surface area contributed by atoms with Gasteiger partial charge in [-0.3, -0.25) is 14.5 Å². The average molecular weight is 272 g/mol. The molecule has 106 valence electrons. The fourth-order valence-corrected chi connectivity index (χ4v) is 2.43. The van der Waals surface area contributed by atoms with Crippen LogP contribution in [0.25, 0.3) is 0 Å². The minimum Gasteiger partial charge on any atom is -0.293 e. The first-order valence-electron chi connectivity index (χ1n) is 6.77. The van der Waals surface area contributed by atoms with Crippen molar-refractivity contribution in [2.75, 3.05) is 4.90 Å². The van der Waals surface area contributed by atoms with E-state index in [4.69, 9.17) is 0 Å². The summed E-state index contributed by atoms with van der Waals surface area (Å²) >= 11 is 0. The van der Waals surface area contributed by atoms with Crippen LogP contribution in [0.1, 0.15) is 44.5 Å². The number of nitrogens with zero attached hydrogens (tertiary/aromatic N) is 2. The van der Waals surface area contributed by atoms with Crippen LogP contribution in [0.2, 0.25) is 0 Å². The van der Waals surface area contributed by atoms with Crippen LogP contribution in [0.15, 0.2) is 31.0 Å². The zero-order chi connectivity index (χ0) is 15.1. The van der Waals surface area contributed by atoms with Crippen LogP contribution in [0.5, 0.6) is 0 Å². The second kappa shape index (κ2) is 4.54. The topological polar surface area (TPSA) is 50.3 Å². The lowest BCUT2D eigenvalue weighted by Gasteiger charge is -2.44. The van der Waals surface area contributed by atoms with E-state index in [0.29, 0.717) is 17.8 Å². The number of fused-ring (bicyclic) bond motifs is 1. The molecule has 1 aromatic rings. The third-order valence-electron chi connectivity index (χ3n) is 4.20. The van der Waals surface area contributed by atoms with E-state index in [2.05, 4.69) is 11.6 Å². The van der Waals surface area contributed by atoms with E-state index in [1.54, 1.807) is 36.2 Å². The predicted molar refractivity (Wildman–Crippen MR) is 78.7 cm³/mol. The molecule has 4 heteroatoms.